The molecule has 0 bridgehead atoms. The lowest BCUT2D eigenvalue weighted by Crippen LogP contribution is -2.28. The van der Waals surface area contributed by atoms with Gasteiger partial charge in [-0.15, -0.1) is 10.2 Å². The number of aryl methyl sites for hydroxylation is 2. The number of nitrogens with zero attached hydrogens (tertiary/aromatic N) is 7. The molecule has 0 atom stereocenters. The van der Waals surface area contributed by atoms with Gasteiger partial charge in [-0.05, 0) is 38.0 Å². The second-order valence-electron chi connectivity index (χ2n) is 7.26. The van der Waals surface area contributed by atoms with E-state index < -0.39 is 11.6 Å². The van der Waals surface area contributed by atoms with Crippen molar-refractivity contribution < 1.29 is 13.6 Å². The molecule has 11 heteroatoms. The number of nitrogens with two attached hydrogens (primary N) is 1. The molecule has 9 nitrogen and oxygen atoms in total. The topological polar surface area (TPSA) is 115 Å². The smallest absolute Gasteiger partial charge is 0.274 e. The summed E-state index contributed by atoms with van der Waals surface area (Å²) in [6.45, 7) is 2.32. The van der Waals surface area contributed by atoms with E-state index in [0.717, 1.165) is 17.8 Å². The number of carbonyl (C=O) groups excluding carboxylic acids is 1. The minimum Gasteiger partial charge on any atom is -0.368 e. The maximum atomic E-state index is 14.0. The van der Waals surface area contributed by atoms with Crippen LogP contribution in [0.15, 0.2) is 24.3 Å². The standard InChI is InChI=1S/C20H20F2N8O/c1-11-6-7-15(27-26-11)19(31)29(2)8-4-3-5-16-24-18-13-9-12(21)10-14(22)17(13)25-20(23)30(18)28-16/h6-7,9-10H,3-5,8H2,1-2H3,(H2,23,25). The third-order valence-corrected chi connectivity index (χ3v) is 4.87. The number of halogens is 2. The molecule has 0 saturated heterocycles. The van der Waals surface area contributed by atoms with Crippen molar-refractivity contribution in [2.45, 2.75) is 26.2 Å². The summed E-state index contributed by atoms with van der Waals surface area (Å²) in [5.41, 5.74) is 7.11. The molecule has 0 radical (unpaired) electrons. The summed E-state index contributed by atoms with van der Waals surface area (Å²) >= 11 is 0. The maximum absolute atomic E-state index is 14.0. The molecule has 31 heavy (non-hydrogen) atoms. The number of aromatic nitrogens is 6. The minimum atomic E-state index is -0.806. The Morgan fingerprint density at radius 2 is 1.97 bits per heavy atom. The van der Waals surface area contributed by atoms with E-state index in [4.69, 9.17) is 5.73 Å². The van der Waals surface area contributed by atoms with Crippen LogP contribution in [0.1, 0.15) is 34.8 Å². The van der Waals surface area contributed by atoms with Crippen molar-refractivity contribution in [3.8, 4) is 0 Å². The number of carbonyl (C=O) groups is 1. The first-order valence-corrected chi connectivity index (χ1v) is 9.69. The molecule has 0 aliphatic rings. The SMILES string of the molecule is Cc1ccc(C(=O)N(C)CCCCc2nc3c4cc(F)cc(F)c4nc(N)n3n2)nn1. The van der Waals surface area contributed by atoms with E-state index in [1.807, 2.05) is 0 Å². The van der Waals surface area contributed by atoms with Crippen LogP contribution in [0.4, 0.5) is 14.7 Å². The number of hydrogen-bond acceptors (Lipinski definition) is 7. The van der Waals surface area contributed by atoms with Gasteiger partial charge >= 0.3 is 0 Å². The number of unbranched alkanes of at least 4 members (excludes halogenated alkanes) is 1. The first kappa shape index (κ1) is 20.5. The number of amides is 1. The zero-order valence-electron chi connectivity index (χ0n) is 17.0. The third-order valence-electron chi connectivity index (χ3n) is 4.87. The Labute approximate surface area is 175 Å². The Hall–Kier alpha value is -3.76. The molecule has 0 spiro atoms. The highest BCUT2D eigenvalue weighted by Crippen LogP contribution is 2.23. The predicted octanol–water partition coefficient (Wildman–Crippen LogP) is 2.33. The summed E-state index contributed by atoms with van der Waals surface area (Å²) in [7, 11) is 1.70. The predicted molar refractivity (Wildman–Crippen MR) is 109 cm³/mol. The molecule has 0 aliphatic carbocycles. The average molecular weight is 426 g/mol. The molecule has 4 aromatic rings. The molecule has 160 valence electrons. The molecular formula is C20H20F2N8O. The lowest BCUT2D eigenvalue weighted by Gasteiger charge is -2.16. The van der Waals surface area contributed by atoms with Crippen LogP contribution < -0.4 is 5.73 Å². The van der Waals surface area contributed by atoms with E-state index in [2.05, 4.69) is 25.3 Å². The van der Waals surface area contributed by atoms with Crippen LogP contribution in [0.5, 0.6) is 0 Å². The van der Waals surface area contributed by atoms with Gasteiger partial charge < -0.3 is 10.6 Å². The normalized spacial score (nSPS) is 11.4. The Bertz CT molecular complexity index is 1270. The maximum Gasteiger partial charge on any atom is 0.274 e. The summed E-state index contributed by atoms with van der Waals surface area (Å²) in [4.78, 5) is 22.3. The van der Waals surface area contributed by atoms with Crippen LogP contribution >= 0.6 is 0 Å². The van der Waals surface area contributed by atoms with Gasteiger partial charge in [0.25, 0.3) is 5.91 Å². The Balaban J connectivity index is 1.42. The van der Waals surface area contributed by atoms with Crippen LogP contribution in [-0.4, -0.2) is 54.2 Å². The molecule has 1 aromatic carbocycles. The van der Waals surface area contributed by atoms with E-state index in [0.29, 0.717) is 37.3 Å². The Morgan fingerprint density at radius 1 is 1.16 bits per heavy atom. The van der Waals surface area contributed by atoms with Crippen LogP contribution in [0.3, 0.4) is 0 Å². The number of rotatable bonds is 6. The molecule has 0 unspecified atom stereocenters. The van der Waals surface area contributed by atoms with Gasteiger partial charge in [-0.2, -0.15) is 9.61 Å². The summed E-state index contributed by atoms with van der Waals surface area (Å²) in [6.07, 6.45) is 1.91. The zero-order chi connectivity index (χ0) is 22.1. The Morgan fingerprint density at radius 3 is 2.71 bits per heavy atom. The van der Waals surface area contributed by atoms with Crippen molar-refractivity contribution in [3.63, 3.8) is 0 Å². The van der Waals surface area contributed by atoms with Gasteiger partial charge in [0.05, 0.1) is 11.1 Å². The van der Waals surface area contributed by atoms with Crippen molar-refractivity contribution in [3.05, 3.63) is 53.1 Å². The molecule has 2 N–H and O–H groups in total. The average Bonchev–Trinajstić information content (AvgIpc) is 3.17. The van der Waals surface area contributed by atoms with Gasteiger partial charge in [-0.3, -0.25) is 4.79 Å². The van der Waals surface area contributed by atoms with Crippen molar-refractivity contribution >= 4 is 28.4 Å². The van der Waals surface area contributed by atoms with E-state index in [1.54, 1.807) is 31.0 Å². The lowest BCUT2D eigenvalue weighted by molar-refractivity contribution is 0.0786. The van der Waals surface area contributed by atoms with Crippen LogP contribution in [0.25, 0.3) is 16.6 Å². The molecule has 1 amide bonds. The third kappa shape index (κ3) is 4.11. The highest BCUT2D eigenvalue weighted by Gasteiger charge is 2.16. The van der Waals surface area contributed by atoms with Gasteiger partial charge in [-0.1, -0.05) is 0 Å². The minimum absolute atomic E-state index is 0.0312. The second kappa shape index (κ2) is 8.17. The molecule has 4 rings (SSSR count). The number of fused-ring (bicyclic) bond motifs is 3. The van der Waals surface area contributed by atoms with Crippen molar-refractivity contribution in [2.75, 3.05) is 19.3 Å². The van der Waals surface area contributed by atoms with Gasteiger partial charge in [0.15, 0.2) is 23.0 Å². The van der Waals surface area contributed by atoms with Crippen LogP contribution in [0.2, 0.25) is 0 Å². The van der Waals surface area contributed by atoms with E-state index in [1.165, 1.54) is 4.52 Å². The summed E-state index contributed by atoms with van der Waals surface area (Å²) in [5.74, 6) is -1.29. The molecular weight excluding hydrogens is 406 g/mol. The highest BCUT2D eigenvalue weighted by atomic mass is 19.1. The van der Waals surface area contributed by atoms with Gasteiger partial charge in [-0.25, -0.2) is 18.7 Å². The first-order valence-electron chi connectivity index (χ1n) is 9.69. The Kier molecular flexibility index (Phi) is 5.40. The fourth-order valence-electron chi connectivity index (χ4n) is 3.25. The highest BCUT2D eigenvalue weighted by molar-refractivity contribution is 5.93. The largest absolute Gasteiger partial charge is 0.368 e. The number of hydrogen-bond donors (Lipinski definition) is 1. The van der Waals surface area contributed by atoms with Crippen LogP contribution in [-0.2, 0) is 6.42 Å². The fraction of sp³-hybridized carbons (Fsp3) is 0.300. The van der Waals surface area contributed by atoms with Gasteiger partial charge in [0.1, 0.15) is 11.3 Å². The second-order valence-corrected chi connectivity index (χ2v) is 7.26. The molecule has 0 saturated carbocycles. The van der Waals surface area contributed by atoms with Crippen LogP contribution in [0, 0.1) is 18.6 Å². The van der Waals surface area contributed by atoms with Crippen molar-refractivity contribution in [1.82, 2.24) is 34.7 Å². The van der Waals surface area contributed by atoms with E-state index in [-0.39, 0.29) is 28.4 Å². The molecule has 0 aliphatic heterocycles. The van der Waals surface area contributed by atoms with E-state index in [9.17, 15) is 13.6 Å². The summed E-state index contributed by atoms with van der Waals surface area (Å²) < 4.78 is 29.0. The van der Waals surface area contributed by atoms with Crippen molar-refractivity contribution in [1.29, 1.82) is 0 Å². The van der Waals surface area contributed by atoms with E-state index >= 15 is 0 Å². The monoisotopic (exact) mass is 426 g/mol. The fourth-order valence-corrected chi connectivity index (χ4v) is 3.25. The molecule has 0 fully saturated rings. The first-order chi connectivity index (χ1) is 14.8. The quantitative estimate of drug-likeness (QED) is 0.471. The van der Waals surface area contributed by atoms with Gasteiger partial charge in [0, 0.05) is 26.1 Å². The summed E-state index contributed by atoms with van der Waals surface area (Å²) in [5, 5.41) is 12.3. The van der Waals surface area contributed by atoms with Crippen molar-refractivity contribution in [2.24, 2.45) is 0 Å². The number of nitrogen functional groups attached to an aromatic ring is 1. The summed E-state index contributed by atoms with van der Waals surface area (Å²) in [6, 6.07) is 5.30. The molecule has 3 aromatic heterocycles. The molecule has 3 heterocycles. The lowest BCUT2D eigenvalue weighted by atomic mass is 10.2. The number of benzene rings is 1. The zero-order valence-corrected chi connectivity index (χ0v) is 17.0. The van der Waals surface area contributed by atoms with Gasteiger partial charge in [0.2, 0.25) is 5.95 Å². The number of anilines is 1.